The minimum Gasteiger partial charge on any atom is -0.484 e. The molecule has 32 heavy (non-hydrogen) atoms. The number of carbonyl (C=O) groups is 2. The van der Waals surface area contributed by atoms with Crippen LogP contribution in [-0.2, 0) is 4.79 Å². The lowest BCUT2D eigenvalue weighted by atomic mass is 10.0. The molecule has 0 bridgehead atoms. The second-order valence-corrected chi connectivity index (χ2v) is 7.53. The first-order valence-electron chi connectivity index (χ1n) is 10.5. The molecule has 0 fully saturated rings. The van der Waals surface area contributed by atoms with E-state index in [1.165, 1.54) is 5.39 Å². The summed E-state index contributed by atoms with van der Waals surface area (Å²) in [5.74, 6) is 0.171. The second kappa shape index (κ2) is 9.79. The third kappa shape index (κ3) is 5.32. The molecule has 5 heteroatoms. The summed E-state index contributed by atoms with van der Waals surface area (Å²) in [6, 6.07) is 30.1. The number of hydrogen-bond acceptors (Lipinski definition) is 3. The van der Waals surface area contributed by atoms with E-state index >= 15 is 0 Å². The molecule has 1 atom stereocenters. The summed E-state index contributed by atoms with van der Waals surface area (Å²) >= 11 is 0. The summed E-state index contributed by atoms with van der Waals surface area (Å²) in [6.45, 7) is 1.86. The maximum absolute atomic E-state index is 12.3. The van der Waals surface area contributed by atoms with Crippen molar-refractivity contribution in [1.29, 1.82) is 0 Å². The molecule has 0 aromatic heterocycles. The quantitative estimate of drug-likeness (QED) is 0.420. The van der Waals surface area contributed by atoms with Crippen molar-refractivity contribution in [2.24, 2.45) is 0 Å². The molecule has 4 rings (SSSR count). The molecule has 0 heterocycles. The summed E-state index contributed by atoms with van der Waals surface area (Å²) in [6.07, 6.45) is 0. The first kappa shape index (κ1) is 21.1. The maximum Gasteiger partial charge on any atom is 0.258 e. The van der Waals surface area contributed by atoms with E-state index in [1.807, 2.05) is 43.3 Å². The number of anilines is 1. The lowest BCUT2D eigenvalue weighted by Crippen LogP contribution is -2.31. The van der Waals surface area contributed by atoms with Gasteiger partial charge in [-0.2, -0.15) is 0 Å². The van der Waals surface area contributed by atoms with Crippen LogP contribution >= 0.6 is 0 Å². The van der Waals surface area contributed by atoms with Gasteiger partial charge in [-0.3, -0.25) is 9.59 Å². The van der Waals surface area contributed by atoms with Crippen molar-refractivity contribution < 1.29 is 14.3 Å². The minimum absolute atomic E-state index is 0.0896. The van der Waals surface area contributed by atoms with Gasteiger partial charge in [0.15, 0.2) is 6.61 Å². The molecule has 0 radical (unpaired) electrons. The Bertz CT molecular complexity index is 1220. The van der Waals surface area contributed by atoms with Crippen LogP contribution in [0.3, 0.4) is 0 Å². The van der Waals surface area contributed by atoms with Crippen LogP contribution in [0.15, 0.2) is 97.1 Å². The smallest absolute Gasteiger partial charge is 0.258 e. The van der Waals surface area contributed by atoms with Crippen LogP contribution in [0, 0.1) is 0 Å². The summed E-state index contributed by atoms with van der Waals surface area (Å²) in [7, 11) is 0. The van der Waals surface area contributed by atoms with Crippen molar-refractivity contribution in [2.75, 3.05) is 11.9 Å². The van der Waals surface area contributed by atoms with E-state index in [-0.39, 0.29) is 24.5 Å². The fourth-order valence-corrected chi connectivity index (χ4v) is 3.42. The minimum atomic E-state index is -0.202. The number of benzene rings is 4. The highest BCUT2D eigenvalue weighted by atomic mass is 16.5. The predicted molar refractivity (Wildman–Crippen MR) is 127 cm³/mol. The Hall–Kier alpha value is -4.12. The average molecular weight is 425 g/mol. The molecule has 1 unspecified atom stereocenters. The average Bonchev–Trinajstić information content (AvgIpc) is 2.83. The lowest BCUT2D eigenvalue weighted by Gasteiger charge is -2.15. The van der Waals surface area contributed by atoms with Crippen molar-refractivity contribution in [2.45, 2.75) is 13.0 Å². The normalized spacial score (nSPS) is 11.5. The van der Waals surface area contributed by atoms with Crippen molar-refractivity contribution in [1.82, 2.24) is 5.32 Å². The Balaban J connectivity index is 1.28. The van der Waals surface area contributed by atoms with Gasteiger partial charge in [0.1, 0.15) is 5.75 Å². The number of ether oxygens (including phenoxy) is 1. The molecule has 0 spiro atoms. The Morgan fingerprint density at radius 1 is 0.812 bits per heavy atom. The first-order chi connectivity index (χ1) is 15.6. The van der Waals surface area contributed by atoms with Crippen molar-refractivity contribution in [3.8, 4) is 5.75 Å². The number of amides is 2. The fourth-order valence-electron chi connectivity index (χ4n) is 3.42. The first-order valence-corrected chi connectivity index (χ1v) is 10.5. The molecule has 160 valence electrons. The molecular formula is C27H24N2O3. The van der Waals surface area contributed by atoms with Gasteiger partial charge in [-0.15, -0.1) is 0 Å². The van der Waals surface area contributed by atoms with Crippen LogP contribution in [0.1, 0.15) is 28.9 Å². The highest BCUT2D eigenvalue weighted by Crippen LogP contribution is 2.20. The number of rotatable bonds is 7. The zero-order valence-corrected chi connectivity index (χ0v) is 17.7. The van der Waals surface area contributed by atoms with Crippen molar-refractivity contribution in [3.05, 3.63) is 108 Å². The summed E-state index contributed by atoms with van der Waals surface area (Å²) < 4.78 is 5.59. The molecule has 0 saturated carbocycles. The third-order valence-corrected chi connectivity index (χ3v) is 5.17. The van der Waals surface area contributed by atoms with Gasteiger partial charge in [0.25, 0.3) is 11.8 Å². The van der Waals surface area contributed by atoms with Gasteiger partial charge in [-0.1, -0.05) is 54.6 Å². The Labute approximate surface area is 187 Å². The molecule has 4 aromatic carbocycles. The second-order valence-electron chi connectivity index (χ2n) is 7.53. The SMILES string of the molecule is CC(NC(=O)COc1ccc(NC(=O)c2ccccc2)cc1)c1ccc2ccccc2c1. The third-order valence-electron chi connectivity index (χ3n) is 5.17. The van der Waals surface area contributed by atoms with Crippen LogP contribution in [-0.4, -0.2) is 18.4 Å². The zero-order valence-electron chi connectivity index (χ0n) is 17.7. The van der Waals surface area contributed by atoms with Crippen LogP contribution < -0.4 is 15.4 Å². The van der Waals surface area contributed by atoms with E-state index in [0.29, 0.717) is 17.0 Å². The molecule has 0 aliphatic heterocycles. The number of nitrogens with one attached hydrogen (secondary N) is 2. The summed E-state index contributed by atoms with van der Waals surface area (Å²) in [5, 5.41) is 8.11. The summed E-state index contributed by atoms with van der Waals surface area (Å²) in [5.41, 5.74) is 2.28. The molecule has 0 aliphatic carbocycles. The zero-order chi connectivity index (χ0) is 22.3. The Morgan fingerprint density at radius 3 is 2.25 bits per heavy atom. The number of carbonyl (C=O) groups excluding carboxylic acids is 2. The largest absolute Gasteiger partial charge is 0.484 e. The van der Waals surface area contributed by atoms with Crippen molar-refractivity contribution >= 4 is 28.3 Å². The predicted octanol–water partition coefficient (Wildman–Crippen LogP) is 5.35. The van der Waals surface area contributed by atoms with E-state index in [4.69, 9.17) is 4.74 Å². The highest BCUT2D eigenvalue weighted by molar-refractivity contribution is 6.04. The van der Waals surface area contributed by atoms with E-state index in [0.717, 1.165) is 10.9 Å². The fraction of sp³-hybridized carbons (Fsp3) is 0.111. The molecule has 0 aliphatic rings. The molecule has 5 nitrogen and oxygen atoms in total. The molecule has 2 N–H and O–H groups in total. The van der Waals surface area contributed by atoms with Crippen LogP contribution in [0.4, 0.5) is 5.69 Å². The summed E-state index contributed by atoms with van der Waals surface area (Å²) in [4.78, 5) is 24.6. The van der Waals surface area contributed by atoms with Crippen LogP contribution in [0.5, 0.6) is 5.75 Å². The van der Waals surface area contributed by atoms with E-state index < -0.39 is 0 Å². The topological polar surface area (TPSA) is 67.4 Å². The van der Waals surface area contributed by atoms with Gasteiger partial charge < -0.3 is 15.4 Å². The molecular weight excluding hydrogens is 400 g/mol. The van der Waals surface area contributed by atoms with E-state index in [1.54, 1.807) is 36.4 Å². The molecule has 0 saturated heterocycles. The number of hydrogen-bond donors (Lipinski definition) is 2. The van der Waals surface area contributed by atoms with E-state index in [9.17, 15) is 9.59 Å². The van der Waals surface area contributed by atoms with Crippen molar-refractivity contribution in [3.63, 3.8) is 0 Å². The van der Waals surface area contributed by atoms with Crippen LogP contribution in [0.25, 0.3) is 10.8 Å². The van der Waals surface area contributed by atoms with Gasteiger partial charge >= 0.3 is 0 Å². The monoisotopic (exact) mass is 424 g/mol. The molecule has 4 aromatic rings. The van der Waals surface area contributed by atoms with E-state index in [2.05, 4.69) is 34.9 Å². The molecule has 2 amide bonds. The van der Waals surface area contributed by atoms with Gasteiger partial charge in [-0.25, -0.2) is 0 Å². The van der Waals surface area contributed by atoms with Gasteiger partial charge in [0.2, 0.25) is 0 Å². The van der Waals surface area contributed by atoms with Gasteiger partial charge in [-0.05, 0) is 65.7 Å². The standard InChI is InChI=1S/C27H24N2O3/c1-19(22-12-11-20-7-5-6-10-23(20)17-22)28-26(30)18-32-25-15-13-24(14-16-25)29-27(31)21-8-3-2-4-9-21/h2-17,19H,18H2,1H3,(H,28,30)(H,29,31). The lowest BCUT2D eigenvalue weighted by molar-refractivity contribution is -0.123. The Morgan fingerprint density at radius 2 is 1.50 bits per heavy atom. The highest BCUT2D eigenvalue weighted by Gasteiger charge is 2.11. The van der Waals surface area contributed by atoms with Gasteiger partial charge in [0.05, 0.1) is 6.04 Å². The van der Waals surface area contributed by atoms with Gasteiger partial charge in [0, 0.05) is 11.3 Å². The number of fused-ring (bicyclic) bond motifs is 1. The van der Waals surface area contributed by atoms with Crippen LogP contribution in [0.2, 0.25) is 0 Å². The maximum atomic E-state index is 12.3. The Kier molecular flexibility index (Phi) is 6.46.